The summed E-state index contributed by atoms with van der Waals surface area (Å²) in [5, 5.41) is 8.36. The van der Waals surface area contributed by atoms with Crippen LogP contribution in [-0.4, -0.2) is 17.7 Å². The van der Waals surface area contributed by atoms with Gasteiger partial charge >= 0.3 is 0 Å². The Hall–Kier alpha value is -4.89. The van der Waals surface area contributed by atoms with Crippen molar-refractivity contribution < 1.29 is 18.8 Å². The number of hydrogen-bond donors (Lipinski definition) is 3. The van der Waals surface area contributed by atoms with Crippen molar-refractivity contribution in [2.45, 2.75) is 17.1 Å². The van der Waals surface area contributed by atoms with E-state index in [9.17, 15) is 18.8 Å². The van der Waals surface area contributed by atoms with Gasteiger partial charge in [-0.25, -0.2) is 4.39 Å². The number of rotatable bonds is 10. The van der Waals surface area contributed by atoms with E-state index >= 15 is 0 Å². The fourth-order valence-corrected chi connectivity index (χ4v) is 5.95. The average Bonchev–Trinajstić information content (AvgIpc) is 3.08. The second-order valence-electron chi connectivity index (χ2n) is 10.3. The third kappa shape index (κ3) is 8.68. The molecule has 0 saturated heterocycles. The Bertz CT molecular complexity index is 1920. The summed E-state index contributed by atoms with van der Waals surface area (Å²) in [4.78, 5) is 40.7. The standard InChI is InChI=1S/C37H28Cl2FN3O3S/c1-23-29(38)14-9-17-32(23)42-37(46)34(24-10-4-2-5-11-24)47-27-20-18-26(19-21-27)41-36(45)33(22-28-30(39)15-8-16-31(28)40)43-35(44)25-12-6-3-7-13-25/h2-22,34H,1H3,(H,41,45)(H,42,46)(H,43,44)/b33-22-. The minimum atomic E-state index is -0.688. The molecule has 5 rings (SSSR count). The molecule has 5 aromatic carbocycles. The van der Waals surface area contributed by atoms with Crippen LogP contribution in [0.3, 0.4) is 0 Å². The number of halogens is 3. The number of benzene rings is 5. The highest BCUT2D eigenvalue weighted by Gasteiger charge is 2.23. The van der Waals surface area contributed by atoms with Crippen LogP contribution in [0.15, 0.2) is 132 Å². The van der Waals surface area contributed by atoms with E-state index in [1.165, 1.54) is 36.0 Å². The molecule has 0 saturated carbocycles. The highest BCUT2D eigenvalue weighted by molar-refractivity contribution is 8.00. The van der Waals surface area contributed by atoms with E-state index in [1.807, 2.05) is 37.3 Å². The third-order valence-corrected chi connectivity index (χ3v) is 9.05. The smallest absolute Gasteiger partial charge is 0.272 e. The molecule has 5 aromatic rings. The summed E-state index contributed by atoms with van der Waals surface area (Å²) >= 11 is 13.8. The van der Waals surface area contributed by atoms with Gasteiger partial charge in [0.15, 0.2) is 0 Å². The predicted molar refractivity (Wildman–Crippen MR) is 188 cm³/mol. The van der Waals surface area contributed by atoms with Crippen molar-refractivity contribution in [3.63, 3.8) is 0 Å². The van der Waals surface area contributed by atoms with E-state index in [1.54, 1.807) is 72.8 Å². The zero-order valence-corrected chi connectivity index (χ0v) is 27.3. The van der Waals surface area contributed by atoms with Crippen LogP contribution in [0.5, 0.6) is 0 Å². The van der Waals surface area contributed by atoms with Gasteiger partial charge in [0.1, 0.15) is 16.8 Å². The van der Waals surface area contributed by atoms with Crippen LogP contribution in [0.25, 0.3) is 6.08 Å². The predicted octanol–water partition coefficient (Wildman–Crippen LogP) is 9.32. The van der Waals surface area contributed by atoms with Crippen LogP contribution in [0.4, 0.5) is 15.8 Å². The van der Waals surface area contributed by atoms with Gasteiger partial charge in [-0.3, -0.25) is 14.4 Å². The molecule has 10 heteroatoms. The normalized spacial score (nSPS) is 11.8. The molecule has 0 heterocycles. The van der Waals surface area contributed by atoms with E-state index in [0.717, 1.165) is 16.0 Å². The maximum absolute atomic E-state index is 14.6. The lowest BCUT2D eigenvalue weighted by Gasteiger charge is -2.18. The van der Waals surface area contributed by atoms with E-state index in [2.05, 4.69) is 16.0 Å². The lowest BCUT2D eigenvalue weighted by molar-refractivity contribution is -0.116. The van der Waals surface area contributed by atoms with Gasteiger partial charge in [-0.1, -0.05) is 83.9 Å². The molecule has 3 N–H and O–H groups in total. The lowest BCUT2D eigenvalue weighted by atomic mass is 10.1. The Morgan fingerprint density at radius 2 is 1.38 bits per heavy atom. The van der Waals surface area contributed by atoms with E-state index in [0.29, 0.717) is 22.0 Å². The molecule has 6 nitrogen and oxygen atoms in total. The van der Waals surface area contributed by atoms with Crippen molar-refractivity contribution in [3.8, 4) is 0 Å². The molecule has 0 aliphatic carbocycles. The first kappa shape index (κ1) is 33.5. The molecule has 1 unspecified atom stereocenters. The maximum atomic E-state index is 14.6. The molecule has 0 spiro atoms. The van der Waals surface area contributed by atoms with Crippen molar-refractivity contribution in [2.75, 3.05) is 10.6 Å². The van der Waals surface area contributed by atoms with E-state index in [4.69, 9.17) is 23.2 Å². The number of carbonyl (C=O) groups is 3. The second kappa shape index (κ2) is 15.6. The van der Waals surface area contributed by atoms with E-state index < -0.39 is 22.9 Å². The maximum Gasteiger partial charge on any atom is 0.272 e. The summed E-state index contributed by atoms with van der Waals surface area (Å²) in [5.41, 5.74) is 2.68. The topological polar surface area (TPSA) is 87.3 Å². The van der Waals surface area contributed by atoms with Crippen molar-refractivity contribution in [2.24, 2.45) is 0 Å². The lowest BCUT2D eigenvalue weighted by Crippen LogP contribution is -2.30. The summed E-state index contributed by atoms with van der Waals surface area (Å²) < 4.78 is 14.6. The van der Waals surface area contributed by atoms with Crippen LogP contribution < -0.4 is 16.0 Å². The monoisotopic (exact) mass is 683 g/mol. The first-order valence-corrected chi connectivity index (χ1v) is 16.0. The summed E-state index contributed by atoms with van der Waals surface area (Å²) in [5.74, 6) is -2.11. The number of hydrogen-bond acceptors (Lipinski definition) is 4. The fourth-order valence-electron chi connectivity index (χ4n) is 4.53. The molecule has 0 aliphatic heterocycles. The number of anilines is 2. The Balaban J connectivity index is 1.35. The largest absolute Gasteiger partial charge is 0.325 e. The SMILES string of the molecule is Cc1c(Cl)cccc1NC(=O)C(Sc1ccc(NC(=O)/C(=C/c2c(F)cccc2Cl)NC(=O)c2ccccc2)cc1)c1ccccc1. The van der Waals surface area contributed by atoms with Gasteiger partial charge in [-0.15, -0.1) is 11.8 Å². The highest BCUT2D eigenvalue weighted by Crippen LogP contribution is 2.37. The minimum Gasteiger partial charge on any atom is -0.325 e. The summed E-state index contributed by atoms with van der Waals surface area (Å²) in [6, 6.07) is 34.1. The van der Waals surface area contributed by atoms with Gasteiger partial charge in [-0.05, 0) is 84.8 Å². The molecular weight excluding hydrogens is 656 g/mol. The van der Waals surface area contributed by atoms with Crippen molar-refractivity contribution in [1.82, 2.24) is 5.32 Å². The Labute approximate surface area is 286 Å². The quantitative estimate of drug-likeness (QED) is 0.101. The van der Waals surface area contributed by atoms with Crippen LogP contribution in [0.1, 0.15) is 32.3 Å². The van der Waals surface area contributed by atoms with Gasteiger partial charge in [0.2, 0.25) is 5.91 Å². The number of thioether (sulfide) groups is 1. The first-order chi connectivity index (χ1) is 22.7. The Kier molecular flexibility index (Phi) is 11.1. The first-order valence-electron chi connectivity index (χ1n) is 14.4. The average molecular weight is 685 g/mol. The third-order valence-electron chi connectivity index (χ3n) is 7.05. The molecular formula is C37H28Cl2FN3O3S. The molecule has 0 bridgehead atoms. The second-order valence-corrected chi connectivity index (χ2v) is 12.3. The van der Waals surface area contributed by atoms with Crippen LogP contribution in [0, 0.1) is 12.7 Å². The van der Waals surface area contributed by atoms with Gasteiger partial charge in [0.25, 0.3) is 11.8 Å². The molecule has 1 atom stereocenters. The van der Waals surface area contributed by atoms with Gasteiger partial charge in [-0.2, -0.15) is 0 Å². The van der Waals surface area contributed by atoms with E-state index in [-0.39, 0.29) is 22.2 Å². The van der Waals surface area contributed by atoms with Crippen LogP contribution in [-0.2, 0) is 9.59 Å². The van der Waals surface area contributed by atoms with Gasteiger partial charge in [0.05, 0.1) is 5.02 Å². The molecule has 0 aromatic heterocycles. The highest BCUT2D eigenvalue weighted by atomic mass is 35.5. The number of amides is 3. The van der Waals surface area contributed by atoms with Crippen LogP contribution >= 0.6 is 35.0 Å². The number of carbonyl (C=O) groups excluding carboxylic acids is 3. The Morgan fingerprint density at radius 1 is 0.745 bits per heavy atom. The molecule has 3 amide bonds. The zero-order valence-electron chi connectivity index (χ0n) is 25.0. The van der Waals surface area contributed by atoms with Gasteiger partial charge in [0, 0.05) is 32.4 Å². The molecule has 0 fully saturated rings. The van der Waals surface area contributed by atoms with Gasteiger partial charge < -0.3 is 16.0 Å². The minimum absolute atomic E-state index is 0.0439. The zero-order chi connectivity index (χ0) is 33.3. The summed E-state index contributed by atoms with van der Waals surface area (Å²) in [7, 11) is 0. The molecule has 236 valence electrons. The molecule has 0 aliphatic rings. The van der Waals surface area contributed by atoms with Crippen molar-refractivity contribution >= 4 is 70.1 Å². The molecule has 0 radical (unpaired) electrons. The Morgan fingerprint density at radius 3 is 2.06 bits per heavy atom. The molecule has 47 heavy (non-hydrogen) atoms. The van der Waals surface area contributed by atoms with Crippen LogP contribution in [0.2, 0.25) is 10.0 Å². The van der Waals surface area contributed by atoms with Crippen molar-refractivity contribution in [1.29, 1.82) is 0 Å². The fraction of sp³-hybridized carbons (Fsp3) is 0.0541. The van der Waals surface area contributed by atoms with Crippen molar-refractivity contribution in [3.05, 3.63) is 165 Å². The summed E-state index contributed by atoms with van der Waals surface area (Å²) in [6.07, 6.45) is 1.20. The number of nitrogens with one attached hydrogen (secondary N) is 3. The summed E-state index contributed by atoms with van der Waals surface area (Å²) in [6.45, 7) is 1.84.